The minimum Gasteiger partial charge on any atom is -0.392 e. The molecular weight excluding hydrogens is 512 g/mol. The summed E-state index contributed by atoms with van der Waals surface area (Å²) in [4.78, 5) is 46.4. The number of unbranched alkanes of at least 4 members (excludes halogenated alkanes) is 4. The molecule has 0 aliphatic heterocycles. The van der Waals surface area contributed by atoms with Crippen molar-refractivity contribution in [3.05, 3.63) is 48.5 Å². The standard InChI is InChI=1S/C32H42O8/c1-7-9-15-21-31(3,4)39-37-29(33)35-27-23-17-11-13-19-25(23)28(26-20-14-12-18-24(26)27)36-30(34)38-40-32(5,6)22-16-10-8-2/h11-14,17-20H,7-10,15-16,21-22H2,1-6H3. The quantitative estimate of drug-likeness (QED) is 0.0486. The van der Waals surface area contributed by atoms with E-state index in [1.165, 1.54) is 0 Å². The Morgan fingerprint density at radius 2 is 0.900 bits per heavy atom. The first-order chi connectivity index (χ1) is 19.1. The van der Waals surface area contributed by atoms with Gasteiger partial charge in [-0.05, 0) is 40.5 Å². The van der Waals surface area contributed by atoms with E-state index < -0.39 is 23.5 Å². The lowest BCUT2D eigenvalue weighted by atomic mass is 10.0. The van der Waals surface area contributed by atoms with Gasteiger partial charge in [-0.15, -0.1) is 0 Å². The largest absolute Gasteiger partial charge is 0.546 e. The smallest absolute Gasteiger partial charge is 0.392 e. The summed E-state index contributed by atoms with van der Waals surface area (Å²) in [6.45, 7) is 11.7. The Morgan fingerprint density at radius 3 is 1.20 bits per heavy atom. The Labute approximate surface area is 236 Å². The van der Waals surface area contributed by atoms with Crippen molar-refractivity contribution >= 4 is 33.9 Å². The molecule has 3 rings (SSSR count). The van der Waals surface area contributed by atoms with Crippen molar-refractivity contribution in [1.82, 2.24) is 0 Å². The fourth-order valence-corrected chi connectivity index (χ4v) is 4.45. The summed E-state index contributed by atoms with van der Waals surface area (Å²) in [6.07, 6.45) is 5.71. The van der Waals surface area contributed by atoms with E-state index in [1.807, 2.05) is 27.7 Å². The Balaban J connectivity index is 1.82. The molecule has 0 spiro atoms. The van der Waals surface area contributed by atoms with E-state index >= 15 is 0 Å². The third kappa shape index (κ3) is 8.83. The second-order valence-corrected chi connectivity index (χ2v) is 11.2. The third-order valence-electron chi connectivity index (χ3n) is 6.64. The lowest BCUT2D eigenvalue weighted by molar-refractivity contribution is -0.314. The predicted octanol–water partition coefficient (Wildman–Crippen LogP) is 9.60. The maximum absolute atomic E-state index is 12.7. The zero-order valence-corrected chi connectivity index (χ0v) is 24.5. The van der Waals surface area contributed by atoms with Gasteiger partial charge in [-0.2, -0.15) is 9.78 Å². The van der Waals surface area contributed by atoms with Gasteiger partial charge in [0.15, 0.2) is 11.5 Å². The highest BCUT2D eigenvalue weighted by atomic mass is 17.2. The highest BCUT2D eigenvalue weighted by Crippen LogP contribution is 2.43. The Hall–Kier alpha value is -3.36. The molecule has 40 heavy (non-hydrogen) atoms. The van der Waals surface area contributed by atoms with Crippen LogP contribution in [0.25, 0.3) is 21.5 Å². The molecule has 0 aliphatic rings. The summed E-state index contributed by atoms with van der Waals surface area (Å²) >= 11 is 0. The number of hydrogen-bond donors (Lipinski definition) is 0. The van der Waals surface area contributed by atoms with Gasteiger partial charge in [0.1, 0.15) is 11.2 Å². The van der Waals surface area contributed by atoms with Gasteiger partial charge in [0, 0.05) is 21.5 Å². The first-order valence-electron chi connectivity index (χ1n) is 14.2. The Morgan fingerprint density at radius 1 is 0.575 bits per heavy atom. The predicted molar refractivity (Wildman–Crippen MR) is 154 cm³/mol. The molecule has 8 heteroatoms. The molecule has 0 aromatic heterocycles. The van der Waals surface area contributed by atoms with Crippen molar-refractivity contribution in [2.24, 2.45) is 0 Å². The van der Waals surface area contributed by atoms with Gasteiger partial charge < -0.3 is 9.47 Å². The number of hydrogen-bond acceptors (Lipinski definition) is 8. The molecule has 0 bridgehead atoms. The average Bonchev–Trinajstić information content (AvgIpc) is 2.93. The summed E-state index contributed by atoms with van der Waals surface area (Å²) < 4.78 is 11.4. The van der Waals surface area contributed by atoms with Crippen LogP contribution >= 0.6 is 0 Å². The minimum atomic E-state index is -0.995. The SMILES string of the molecule is CCCCCC(C)(C)OOC(=O)Oc1c2ccccc2c(OC(=O)OOC(C)(C)CCCCC)c2ccccc12. The number of fused-ring (bicyclic) bond motifs is 2. The first kappa shape index (κ1) is 31.2. The first-order valence-corrected chi connectivity index (χ1v) is 14.2. The van der Waals surface area contributed by atoms with Crippen molar-refractivity contribution in [2.45, 2.75) is 104 Å². The van der Waals surface area contributed by atoms with E-state index in [2.05, 4.69) is 13.8 Å². The summed E-state index contributed by atoms with van der Waals surface area (Å²) in [7, 11) is 0. The summed E-state index contributed by atoms with van der Waals surface area (Å²) in [5.41, 5.74) is -1.30. The number of benzene rings is 3. The molecular formula is C32H42O8. The van der Waals surface area contributed by atoms with Gasteiger partial charge in [-0.1, -0.05) is 101 Å². The second kappa shape index (κ2) is 14.3. The molecule has 3 aromatic carbocycles. The van der Waals surface area contributed by atoms with Gasteiger partial charge in [-0.3, -0.25) is 9.78 Å². The average molecular weight is 555 g/mol. The van der Waals surface area contributed by atoms with Crippen LogP contribution < -0.4 is 9.47 Å². The van der Waals surface area contributed by atoms with Crippen LogP contribution in [-0.2, 0) is 19.6 Å². The van der Waals surface area contributed by atoms with Crippen LogP contribution in [0.15, 0.2) is 48.5 Å². The molecule has 218 valence electrons. The fourth-order valence-electron chi connectivity index (χ4n) is 4.45. The highest BCUT2D eigenvalue weighted by Gasteiger charge is 2.26. The lowest BCUT2D eigenvalue weighted by Crippen LogP contribution is -2.27. The molecule has 0 atom stereocenters. The van der Waals surface area contributed by atoms with Crippen molar-refractivity contribution in [1.29, 1.82) is 0 Å². The molecule has 0 saturated heterocycles. The minimum absolute atomic E-state index is 0.262. The second-order valence-electron chi connectivity index (χ2n) is 11.2. The molecule has 0 saturated carbocycles. The normalized spacial score (nSPS) is 11.9. The van der Waals surface area contributed by atoms with Gasteiger partial charge in [0.05, 0.1) is 0 Å². The van der Waals surface area contributed by atoms with Crippen LogP contribution in [0, 0.1) is 0 Å². The van der Waals surface area contributed by atoms with E-state index in [0.717, 1.165) is 51.4 Å². The van der Waals surface area contributed by atoms with Crippen molar-refractivity contribution in [2.75, 3.05) is 0 Å². The van der Waals surface area contributed by atoms with Crippen molar-refractivity contribution < 1.29 is 38.6 Å². The van der Waals surface area contributed by atoms with Crippen LogP contribution in [0.3, 0.4) is 0 Å². The number of rotatable bonds is 14. The molecule has 8 nitrogen and oxygen atoms in total. The van der Waals surface area contributed by atoms with Crippen LogP contribution in [-0.4, -0.2) is 23.5 Å². The van der Waals surface area contributed by atoms with Crippen LogP contribution in [0.2, 0.25) is 0 Å². The van der Waals surface area contributed by atoms with E-state index in [0.29, 0.717) is 21.5 Å². The van der Waals surface area contributed by atoms with Crippen LogP contribution in [0.1, 0.15) is 92.9 Å². The summed E-state index contributed by atoms with van der Waals surface area (Å²) in [5.74, 6) is 0.523. The van der Waals surface area contributed by atoms with E-state index in [9.17, 15) is 9.59 Å². The lowest BCUT2D eigenvalue weighted by Gasteiger charge is -2.23. The molecule has 0 amide bonds. The number of carbonyl (C=O) groups excluding carboxylic acids is 2. The highest BCUT2D eigenvalue weighted by molar-refractivity contribution is 6.12. The van der Waals surface area contributed by atoms with Gasteiger partial charge in [-0.25, -0.2) is 9.59 Å². The van der Waals surface area contributed by atoms with E-state index in [-0.39, 0.29) is 11.5 Å². The van der Waals surface area contributed by atoms with E-state index in [4.69, 9.17) is 29.0 Å². The Bertz CT molecular complexity index is 1130. The van der Waals surface area contributed by atoms with Crippen LogP contribution in [0.4, 0.5) is 9.59 Å². The van der Waals surface area contributed by atoms with Crippen molar-refractivity contribution in [3.8, 4) is 11.5 Å². The monoisotopic (exact) mass is 554 g/mol. The zero-order valence-electron chi connectivity index (χ0n) is 24.5. The maximum Gasteiger partial charge on any atom is 0.546 e. The summed E-state index contributed by atoms with van der Waals surface area (Å²) in [6, 6.07) is 14.3. The molecule has 0 radical (unpaired) electrons. The molecule has 3 aromatic rings. The van der Waals surface area contributed by atoms with Gasteiger partial charge in [0.2, 0.25) is 0 Å². The number of ether oxygens (including phenoxy) is 2. The Kier molecular flexibility index (Phi) is 11.2. The van der Waals surface area contributed by atoms with Crippen LogP contribution in [0.5, 0.6) is 11.5 Å². The fraction of sp³-hybridized carbons (Fsp3) is 0.500. The molecule has 0 unspecified atom stereocenters. The molecule has 0 N–H and O–H groups in total. The maximum atomic E-state index is 12.7. The third-order valence-corrected chi connectivity index (χ3v) is 6.64. The molecule has 0 heterocycles. The van der Waals surface area contributed by atoms with Crippen molar-refractivity contribution in [3.63, 3.8) is 0 Å². The topological polar surface area (TPSA) is 89.5 Å². The van der Waals surface area contributed by atoms with E-state index in [1.54, 1.807) is 48.5 Å². The van der Waals surface area contributed by atoms with Gasteiger partial charge >= 0.3 is 12.3 Å². The summed E-state index contributed by atoms with van der Waals surface area (Å²) in [5, 5.41) is 2.18. The van der Waals surface area contributed by atoms with Gasteiger partial charge in [0.25, 0.3) is 0 Å². The zero-order chi connectivity index (χ0) is 29.2. The molecule has 0 aliphatic carbocycles. The number of carbonyl (C=O) groups is 2. The molecule has 0 fully saturated rings.